The van der Waals surface area contributed by atoms with E-state index < -0.39 is 5.97 Å². The van der Waals surface area contributed by atoms with Crippen LogP contribution in [0.25, 0.3) is 0 Å². The zero-order valence-corrected chi connectivity index (χ0v) is 9.74. The fraction of sp³-hybridized carbons (Fsp3) is 0.917. The lowest BCUT2D eigenvalue weighted by Gasteiger charge is -2.33. The summed E-state index contributed by atoms with van der Waals surface area (Å²) >= 11 is 0. The fourth-order valence-corrected chi connectivity index (χ4v) is 2.32. The Morgan fingerprint density at radius 1 is 1.40 bits per heavy atom. The van der Waals surface area contributed by atoms with E-state index in [9.17, 15) is 4.79 Å². The van der Waals surface area contributed by atoms with Gasteiger partial charge in [0, 0.05) is 6.61 Å². The summed E-state index contributed by atoms with van der Waals surface area (Å²) in [7, 11) is 0. The van der Waals surface area contributed by atoms with Crippen LogP contribution in [-0.4, -0.2) is 23.8 Å². The zero-order valence-electron chi connectivity index (χ0n) is 9.74. The molecule has 0 aromatic carbocycles. The third-order valence-corrected chi connectivity index (χ3v) is 3.33. The molecular formula is C12H22O3. The van der Waals surface area contributed by atoms with Gasteiger partial charge in [0.25, 0.3) is 0 Å². The monoisotopic (exact) mass is 214 g/mol. The first-order chi connectivity index (χ1) is 7.19. The molecule has 1 aliphatic rings. The van der Waals surface area contributed by atoms with Gasteiger partial charge in [-0.05, 0) is 31.6 Å². The van der Waals surface area contributed by atoms with E-state index in [0.717, 1.165) is 32.1 Å². The van der Waals surface area contributed by atoms with E-state index in [0.29, 0.717) is 12.5 Å². The number of hydrogen-bond donors (Lipinski definition) is 1. The summed E-state index contributed by atoms with van der Waals surface area (Å²) in [6.45, 7) is 4.91. The second-order valence-electron chi connectivity index (χ2n) is 4.44. The molecule has 1 saturated carbocycles. The number of aliphatic carboxylic acids is 1. The summed E-state index contributed by atoms with van der Waals surface area (Å²) in [6, 6.07) is 0. The zero-order chi connectivity index (χ0) is 11.3. The molecule has 1 aliphatic carbocycles. The van der Waals surface area contributed by atoms with Crippen molar-refractivity contribution in [3.63, 3.8) is 0 Å². The highest BCUT2D eigenvalue weighted by Crippen LogP contribution is 2.33. The Morgan fingerprint density at radius 2 is 2.13 bits per heavy atom. The number of carboxylic acids is 1. The maximum atomic E-state index is 11.0. The molecule has 0 heterocycles. The second-order valence-corrected chi connectivity index (χ2v) is 4.44. The maximum absolute atomic E-state index is 11.0. The Balaban J connectivity index is 2.52. The molecule has 0 aromatic rings. The molecular weight excluding hydrogens is 192 g/mol. The summed E-state index contributed by atoms with van der Waals surface area (Å²) < 4.78 is 5.66. The van der Waals surface area contributed by atoms with Crippen molar-refractivity contribution in [2.24, 2.45) is 11.8 Å². The minimum atomic E-state index is -0.689. The van der Waals surface area contributed by atoms with Gasteiger partial charge in [0.05, 0.1) is 12.0 Å². The van der Waals surface area contributed by atoms with Gasteiger partial charge in [0.2, 0.25) is 0 Å². The predicted molar refractivity (Wildman–Crippen MR) is 58.8 cm³/mol. The van der Waals surface area contributed by atoms with Crippen LogP contribution in [0.5, 0.6) is 0 Å². The number of rotatable bonds is 5. The van der Waals surface area contributed by atoms with E-state index in [1.165, 1.54) is 0 Å². The van der Waals surface area contributed by atoms with E-state index in [1.54, 1.807) is 0 Å². The summed E-state index contributed by atoms with van der Waals surface area (Å²) in [5.74, 6) is -0.313. The minimum absolute atomic E-state index is 0.0545. The van der Waals surface area contributed by atoms with Crippen molar-refractivity contribution in [3.8, 4) is 0 Å². The predicted octanol–water partition coefficient (Wildman–Crippen LogP) is 2.69. The Labute approximate surface area is 91.8 Å². The molecule has 0 radical (unpaired) electrons. The topological polar surface area (TPSA) is 46.5 Å². The summed E-state index contributed by atoms with van der Waals surface area (Å²) in [4.78, 5) is 11.0. The molecule has 1 N–H and O–H groups in total. The van der Waals surface area contributed by atoms with E-state index >= 15 is 0 Å². The van der Waals surface area contributed by atoms with E-state index in [4.69, 9.17) is 9.84 Å². The first-order valence-electron chi connectivity index (χ1n) is 6.03. The lowest BCUT2D eigenvalue weighted by Crippen LogP contribution is -2.36. The molecule has 15 heavy (non-hydrogen) atoms. The fourth-order valence-electron chi connectivity index (χ4n) is 2.32. The van der Waals surface area contributed by atoms with Crippen molar-refractivity contribution in [2.45, 2.75) is 52.1 Å². The quantitative estimate of drug-likeness (QED) is 0.765. The molecule has 3 heteroatoms. The average Bonchev–Trinajstić information content (AvgIpc) is 2.25. The van der Waals surface area contributed by atoms with E-state index in [-0.39, 0.29) is 12.0 Å². The molecule has 1 rings (SSSR count). The molecule has 1 fully saturated rings. The molecule has 3 nitrogen and oxygen atoms in total. The van der Waals surface area contributed by atoms with E-state index in [2.05, 4.69) is 13.8 Å². The molecule has 0 saturated heterocycles. The van der Waals surface area contributed by atoms with Crippen molar-refractivity contribution in [3.05, 3.63) is 0 Å². The summed E-state index contributed by atoms with van der Waals surface area (Å²) in [5, 5.41) is 9.09. The van der Waals surface area contributed by atoms with Crippen LogP contribution in [0.4, 0.5) is 0 Å². The number of carboxylic acid groups (broad SMARTS) is 1. The summed E-state index contributed by atoms with van der Waals surface area (Å²) in [5.41, 5.74) is 0. The van der Waals surface area contributed by atoms with E-state index in [1.807, 2.05) is 0 Å². The van der Waals surface area contributed by atoms with Crippen LogP contribution in [-0.2, 0) is 9.53 Å². The van der Waals surface area contributed by atoms with Crippen molar-refractivity contribution >= 4 is 5.97 Å². The lowest BCUT2D eigenvalue weighted by atomic mass is 9.78. The largest absolute Gasteiger partial charge is 0.481 e. The smallest absolute Gasteiger partial charge is 0.309 e. The third-order valence-electron chi connectivity index (χ3n) is 3.33. The van der Waals surface area contributed by atoms with Crippen LogP contribution >= 0.6 is 0 Å². The molecule has 88 valence electrons. The number of carbonyl (C=O) groups is 1. The van der Waals surface area contributed by atoms with Crippen molar-refractivity contribution < 1.29 is 14.6 Å². The van der Waals surface area contributed by atoms with Crippen molar-refractivity contribution in [1.82, 2.24) is 0 Å². The number of ether oxygens (including phenoxy) is 1. The Bertz CT molecular complexity index is 203. The Kier molecular flexibility index (Phi) is 5.09. The Morgan fingerprint density at radius 3 is 2.67 bits per heavy atom. The second kappa shape index (κ2) is 6.11. The first kappa shape index (κ1) is 12.5. The molecule has 3 unspecified atom stereocenters. The summed E-state index contributed by atoms with van der Waals surface area (Å²) in [6.07, 6.45) is 4.79. The normalized spacial score (nSPS) is 31.5. The van der Waals surface area contributed by atoms with Gasteiger partial charge in [-0.2, -0.15) is 0 Å². The van der Waals surface area contributed by atoms with Crippen LogP contribution in [0.1, 0.15) is 46.0 Å². The maximum Gasteiger partial charge on any atom is 0.309 e. The molecule has 3 atom stereocenters. The molecule has 0 amide bonds. The molecule has 0 spiro atoms. The molecule has 0 aromatic heterocycles. The molecule has 0 bridgehead atoms. The molecule has 0 aliphatic heterocycles. The average molecular weight is 214 g/mol. The van der Waals surface area contributed by atoms with Gasteiger partial charge in [-0.1, -0.05) is 20.3 Å². The Hall–Kier alpha value is -0.570. The third kappa shape index (κ3) is 3.49. The highest BCUT2D eigenvalue weighted by atomic mass is 16.5. The SMILES string of the molecule is CCCOC1CC(CC)CCC1C(=O)O. The van der Waals surface area contributed by atoms with Crippen LogP contribution in [0.3, 0.4) is 0 Å². The van der Waals surface area contributed by atoms with Crippen LogP contribution in [0, 0.1) is 11.8 Å². The van der Waals surface area contributed by atoms with Crippen LogP contribution in [0.2, 0.25) is 0 Å². The first-order valence-corrected chi connectivity index (χ1v) is 6.03. The van der Waals surface area contributed by atoms with Crippen LogP contribution in [0.15, 0.2) is 0 Å². The van der Waals surface area contributed by atoms with Gasteiger partial charge in [-0.25, -0.2) is 0 Å². The van der Waals surface area contributed by atoms with Crippen LogP contribution < -0.4 is 0 Å². The van der Waals surface area contributed by atoms with Crippen molar-refractivity contribution in [2.75, 3.05) is 6.61 Å². The van der Waals surface area contributed by atoms with Gasteiger partial charge >= 0.3 is 5.97 Å². The van der Waals surface area contributed by atoms with Gasteiger partial charge in [-0.15, -0.1) is 0 Å². The lowest BCUT2D eigenvalue weighted by molar-refractivity contribution is -0.151. The van der Waals surface area contributed by atoms with Crippen molar-refractivity contribution in [1.29, 1.82) is 0 Å². The van der Waals surface area contributed by atoms with Gasteiger partial charge in [0.1, 0.15) is 0 Å². The number of hydrogen-bond acceptors (Lipinski definition) is 2. The highest BCUT2D eigenvalue weighted by molar-refractivity contribution is 5.70. The highest BCUT2D eigenvalue weighted by Gasteiger charge is 2.34. The minimum Gasteiger partial charge on any atom is -0.481 e. The van der Waals surface area contributed by atoms with Gasteiger partial charge in [-0.3, -0.25) is 4.79 Å². The standard InChI is InChI=1S/C12H22O3/c1-3-7-15-11-8-9(4-2)5-6-10(11)12(13)14/h9-11H,3-8H2,1-2H3,(H,13,14). The van der Waals surface area contributed by atoms with Gasteiger partial charge < -0.3 is 9.84 Å². The van der Waals surface area contributed by atoms with Gasteiger partial charge in [0.15, 0.2) is 0 Å².